The van der Waals surface area contributed by atoms with E-state index in [0.29, 0.717) is 6.54 Å². The fourth-order valence-corrected chi connectivity index (χ4v) is 2.55. The molecule has 0 radical (unpaired) electrons. The molecule has 3 N–H and O–H groups in total. The first-order valence-electron chi connectivity index (χ1n) is 6.95. The van der Waals surface area contributed by atoms with E-state index in [2.05, 4.69) is 10.6 Å². The molecule has 2 atom stereocenters. The summed E-state index contributed by atoms with van der Waals surface area (Å²) in [5, 5.41) is 15.5. The lowest BCUT2D eigenvalue weighted by molar-refractivity contribution is 0.0712. The van der Waals surface area contributed by atoms with Crippen LogP contribution in [0, 0.1) is 12.8 Å². The molecule has 2 amide bonds. The fourth-order valence-electron chi connectivity index (χ4n) is 2.55. The van der Waals surface area contributed by atoms with Gasteiger partial charge in [-0.3, -0.25) is 0 Å². The van der Waals surface area contributed by atoms with Gasteiger partial charge in [-0.05, 0) is 37.5 Å². The van der Waals surface area contributed by atoms with Gasteiger partial charge in [-0.25, -0.2) is 4.79 Å². The van der Waals surface area contributed by atoms with Crippen LogP contribution in [0.25, 0.3) is 0 Å². The molecule has 1 aromatic rings. The second kappa shape index (κ2) is 6.57. The van der Waals surface area contributed by atoms with E-state index in [0.717, 1.165) is 36.9 Å². The zero-order valence-corrected chi connectivity index (χ0v) is 11.4. The highest BCUT2D eigenvalue weighted by Gasteiger charge is 2.23. The van der Waals surface area contributed by atoms with Crippen LogP contribution >= 0.6 is 0 Å². The van der Waals surface area contributed by atoms with Crippen LogP contribution in [0.4, 0.5) is 10.5 Å². The molecule has 0 aliphatic heterocycles. The van der Waals surface area contributed by atoms with E-state index in [1.54, 1.807) is 0 Å². The van der Waals surface area contributed by atoms with Crippen molar-refractivity contribution in [1.29, 1.82) is 0 Å². The summed E-state index contributed by atoms with van der Waals surface area (Å²) in [5.74, 6) is 0.192. The van der Waals surface area contributed by atoms with Crippen molar-refractivity contribution < 1.29 is 9.90 Å². The van der Waals surface area contributed by atoms with Crippen LogP contribution < -0.4 is 10.6 Å². The standard InChI is InChI=1S/C15H22N2O2/c1-11-5-4-7-13(9-11)17-15(19)16-10-12-6-2-3-8-14(12)18/h4-5,7,9,12,14,18H,2-3,6,8,10H2,1H3,(H2,16,17,19)/t12-,14+/m0/s1. The third-order valence-electron chi connectivity index (χ3n) is 3.67. The van der Waals surface area contributed by atoms with Gasteiger partial charge in [0, 0.05) is 18.2 Å². The van der Waals surface area contributed by atoms with Crippen molar-refractivity contribution in [2.24, 2.45) is 5.92 Å². The molecule has 4 nitrogen and oxygen atoms in total. The van der Waals surface area contributed by atoms with Crippen LogP contribution in [0.5, 0.6) is 0 Å². The maximum atomic E-state index is 11.8. The first-order chi connectivity index (χ1) is 9.15. The van der Waals surface area contributed by atoms with E-state index in [9.17, 15) is 9.90 Å². The molecule has 1 aliphatic rings. The van der Waals surface area contributed by atoms with Gasteiger partial charge in [0.15, 0.2) is 0 Å². The average molecular weight is 262 g/mol. The first kappa shape index (κ1) is 13.9. The smallest absolute Gasteiger partial charge is 0.319 e. The van der Waals surface area contributed by atoms with Gasteiger partial charge in [0.25, 0.3) is 0 Å². The molecule has 104 valence electrons. The van der Waals surface area contributed by atoms with Gasteiger partial charge in [0.2, 0.25) is 0 Å². The van der Waals surface area contributed by atoms with Crippen LogP contribution in [0.2, 0.25) is 0 Å². The first-order valence-corrected chi connectivity index (χ1v) is 6.95. The maximum Gasteiger partial charge on any atom is 0.319 e. The van der Waals surface area contributed by atoms with E-state index in [-0.39, 0.29) is 18.1 Å². The molecule has 19 heavy (non-hydrogen) atoms. The number of nitrogens with one attached hydrogen (secondary N) is 2. The minimum absolute atomic E-state index is 0.192. The Morgan fingerprint density at radius 3 is 2.89 bits per heavy atom. The molecule has 1 saturated carbocycles. The third kappa shape index (κ3) is 4.24. The number of anilines is 1. The number of aliphatic hydroxyl groups excluding tert-OH is 1. The summed E-state index contributed by atoms with van der Waals surface area (Å²) in [6, 6.07) is 7.48. The van der Waals surface area contributed by atoms with Crippen LogP contribution in [0.3, 0.4) is 0 Å². The molecular formula is C15H22N2O2. The molecule has 0 heterocycles. The van der Waals surface area contributed by atoms with Gasteiger partial charge in [0.05, 0.1) is 6.10 Å². The lowest BCUT2D eigenvalue weighted by atomic mass is 9.86. The summed E-state index contributed by atoms with van der Waals surface area (Å²) in [6.45, 7) is 2.53. The van der Waals surface area contributed by atoms with Gasteiger partial charge in [-0.15, -0.1) is 0 Å². The summed E-state index contributed by atoms with van der Waals surface area (Å²) in [7, 11) is 0. The minimum Gasteiger partial charge on any atom is -0.393 e. The van der Waals surface area contributed by atoms with Crippen LogP contribution in [0.1, 0.15) is 31.2 Å². The zero-order chi connectivity index (χ0) is 13.7. The Morgan fingerprint density at radius 2 is 2.16 bits per heavy atom. The van der Waals surface area contributed by atoms with Gasteiger partial charge in [-0.1, -0.05) is 25.0 Å². The molecule has 2 rings (SSSR count). The largest absolute Gasteiger partial charge is 0.393 e. The van der Waals surface area contributed by atoms with Crippen LogP contribution in [0.15, 0.2) is 24.3 Å². The number of hydrogen-bond donors (Lipinski definition) is 3. The van der Waals surface area contributed by atoms with Crippen LogP contribution in [-0.2, 0) is 0 Å². The van der Waals surface area contributed by atoms with Crippen molar-refractivity contribution in [2.75, 3.05) is 11.9 Å². The van der Waals surface area contributed by atoms with Crippen molar-refractivity contribution in [3.05, 3.63) is 29.8 Å². The van der Waals surface area contributed by atoms with E-state index in [1.165, 1.54) is 0 Å². The molecule has 1 aromatic carbocycles. The van der Waals surface area contributed by atoms with Crippen molar-refractivity contribution in [1.82, 2.24) is 5.32 Å². The molecule has 4 heteroatoms. The van der Waals surface area contributed by atoms with Crippen molar-refractivity contribution in [2.45, 2.75) is 38.7 Å². The third-order valence-corrected chi connectivity index (χ3v) is 3.67. The molecular weight excluding hydrogens is 240 g/mol. The van der Waals surface area contributed by atoms with Gasteiger partial charge in [-0.2, -0.15) is 0 Å². The lowest BCUT2D eigenvalue weighted by Gasteiger charge is -2.27. The fraction of sp³-hybridized carbons (Fsp3) is 0.533. The molecule has 1 fully saturated rings. The average Bonchev–Trinajstić information content (AvgIpc) is 2.38. The van der Waals surface area contributed by atoms with E-state index >= 15 is 0 Å². The second-order valence-corrected chi connectivity index (χ2v) is 5.32. The molecule has 0 bridgehead atoms. The Morgan fingerprint density at radius 1 is 1.37 bits per heavy atom. The predicted molar refractivity (Wildman–Crippen MR) is 76.2 cm³/mol. The van der Waals surface area contributed by atoms with Crippen molar-refractivity contribution in [3.8, 4) is 0 Å². The zero-order valence-electron chi connectivity index (χ0n) is 11.4. The summed E-state index contributed by atoms with van der Waals surface area (Å²) in [4.78, 5) is 11.8. The number of urea groups is 1. The number of hydrogen-bond acceptors (Lipinski definition) is 2. The number of aliphatic hydroxyl groups is 1. The van der Waals surface area contributed by atoms with Gasteiger partial charge < -0.3 is 15.7 Å². The van der Waals surface area contributed by atoms with Crippen LogP contribution in [-0.4, -0.2) is 23.8 Å². The summed E-state index contributed by atoms with van der Waals surface area (Å²) < 4.78 is 0. The molecule has 0 spiro atoms. The SMILES string of the molecule is Cc1cccc(NC(=O)NC[C@@H]2CCCC[C@H]2O)c1. The van der Waals surface area contributed by atoms with E-state index in [1.807, 2.05) is 31.2 Å². The number of amides is 2. The molecule has 0 unspecified atom stereocenters. The normalized spacial score (nSPS) is 22.8. The highest BCUT2D eigenvalue weighted by Crippen LogP contribution is 2.23. The number of aryl methyl sites for hydroxylation is 1. The highest BCUT2D eigenvalue weighted by molar-refractivity contribution is 5.89. The topological polar surface area (TPSA) is 61.4 Å². The lowest BCUT2D eigenvalue weighted by Crippen LogP contribution is -2.38. The Hall–Kier alpha value is -1.55. The van der Waals surface area contributed by atoms with E-state index in [4.69, 9.17) is 0 Å². The van der Waals surface area contributed by atoms with Gasteiger partial charge in [0.1, 0.15) is 0 Å². The van der Waals surface area contributed by atoms with E-state index < -0.39 is 0 Å². The predicted octanol–water partition coefficient (Wildman–Crippen LogP) is 2.67. The number of carbonyl (C=O) groups excluding carboxylic acids is 1. The Labute approximate surface area is 114 Å². The minimum atomic E-state index is -0.270. The highest BCUT2D eigenvalue weighted by atomic mass is 16.3. The molecule has 1 aliphatic carbocycles. The number of carbonyl (C=O) groups is 1. The molecule has 0 saturated heterocycles. The Kier molecular flexibility index (Phi) is 4.80. The Bertz CT molecular complexity index is 434. The molecule has 0 aromatic heterocycles. The van der Waals surface area contributed by atoms with Crippen molar-refractivity contribution >= 4 is 11.7 Å². The summed E-state index contributed by atoms with van der Waals surface area (Å²) >= 11 is 0. The van der Waals surface area contributed by atoms with Gasteiger partial charge >= 0.3 is 6.03 Å². The quantitative estimate of drug-likeness (QED) is 0.784. The number of benzene rings is 1. The van der Waals surface area contributed by atoms with Crippen molar-refractivity contribution in [3.63, 3.8) is 0 Å². The maximum absolute atomic E-state index is 11.8. The Balaban J connectivity index is 1.78. The summed E-state index contributed by atoms with van der Waals surface area (Å²) in [6.07, 6.45) is 3.81. The second-order valence-electron chi connectivity index (χ2n) is 5.32. The monoisotopic (exact) mass is 262 g/mol. The number of rotatable bonds is 3. The summed E-state index contributed by atoms with van der Waals surface area (Å²) in [5.41, 5.74) is 1.90.